The van der Waals surface area contributed by atoms with Crippen molar-refractivity contribution in [3.8, 4) is 0 Å². The summed E-state index contributed by atoms with van der Waals surface area (Å²) in [5.41, 5.74) is 0.609. The van der Waals surface area contributed by atoms with Gasteiger partial charge >= 0.3 is 0 Å². The number of halogens is 1. The van der Waals surface area contributed by atoms with Gasteiger partial charge in [0, 0.05) is 10.7 Å². The van der Waals surface area contributed by atoms with Crippen molar-refractivity contribution in [2.75, 3.05) is 20.3 Å². The Morgan fingerprint density at radius 1 is 1.56 bits per heavy atom. The zero-order chi connectivity index (χ0) is 12.0. The lowest BCUT2D eigenvalue weighted by atomic mass is 10.2. The molecule has 0 saturated carbocycles. The maximum atomic E-state index is 11.8. The Morgan fingerprint density at radius 2 is 2.25 bits per heavy atom. The zero-order valence-electron chi connectivity index (χ0n) is 8.94. The van der Waals surface area contributed by atoms with Gasteiger partial charge in [0.2, 0.25) is 0 Å². The standard InChI is InChI=1S/C11H14INO3/c1-16-7-8(6-14)13-11(15)9-4-2-3-5-10(9)12/h2-5,8,14H,6-7H2,1H3,(H,13,15). The minimum atomic E-state index is -0.367. The summed E-state index contributed by atoms with van der Waals surface area (Å²) in [5, 5.41) is 11.7. The molecule has 1 aromatic rings. The van der Waals surface area contributed by atoms with E-state index in [0.717, 1.165) is 3.57 Å². The topological polar surface area (TPSA) is 58.6 Å². The van der Waals surface area contributed by atoms with Gasteiger partial charge in [-0.15, -0.1) is 0 Å². The molecule has 1 rings (SSSR count). The fraction of sp³-hybridized carbons (Fsp3) is 0.364. The van der Waals surface area contributed by atoms with E-state index in [4.69, 9.17) is 9.84 Å². The van der Waals surface area contributed by atoms with Crippen LogP contribution in [-0.4, -0.2) is 37.4 Å². The highest BCUT2D eigenvalue weighted by atomic mass is 127. The fourth-order valence-corrected chi connectivity index (χ4v) is 1.88. The molecule has 0 spiro atoms. The summed E-state index contributed by atoms with van der Waals surface area (Å²) in [6, 6.07) is 6.92. The summed E-state index contributed by atoms with van der Waals surface area (Å²) < 4.78 is 5.77. The van der Waals surface area contributed by atoms with Crippen LogP contribution in [0.4, 0.5) is 0 Å². The number of amides is 1. The highest BCUT2D eigenvalue weighted by molar-refractivity contribution is 14.1. The van der Waals surface area contributed by atoms with Gasteiger partial charge in [-0.2, -0.15) is 0 Å². The molecule has 0 aliphatic carbocycles. The maximum absolute atomic E-state index is 11.8. The molecular formula is C11H14INO3. The number of nitrogens with one attached hydrogen (secondary N) is 1. The van der Waals surface area contributed by atoms with Crippen LogP contribution in [0.15, 0.2) is 24.3 Å². The number of carbonyl (C=O) groups excluding carboxylic acids is 1. The van der Waals surface area contributed by atoms with Gasteiger partial charge in [0.15, 0.2) is 0 Å². The summed E-state index contributed by atoms with van der Waals surface area (Å²) in [7, 11) is 1.53. The number of rotatable bonds is 5. The number of aliphatic hydroxyl groups is 1. The summed E-state index contributed by atoms with van der Waals surface area (Å²) >= 11 is 2.10. The maximum Gasteiger partial charge on any atom is 0.252 e. The highest BCUT2D eigenvalue weighted by Gasteiger charge is 2.14. The summed E-state index contributed by atoms with van der Waals surface area (Å²) in [4.78, 5) is 11.8. The fourth-order valence-electron chi connectivity index (χ4n) is 1.25. The first-order valence-corrected chi connectivity index (χ1v) is 5.92. The van der Waals surface area contributed by atoms with Gasteiger partial charge in [-0.05, 0) is 34.7 Å². The number of aliphatic hydroxyl groups excluding tert-OH is 1. The van der Waals surface area contributed by atoms with Crippen LogP contribution in [0.25, 0.3) is 0 Å². The largest absolute Gasteiger partial charge is 0.394 e. The monoisotopic (exact) mass is 335 g/mol. The molecule has 0 saturated heterocycles. The molecule has 1 amide bonds. The van der Waals surface area contributed by atoms with E-state index in [1.165, 1.54) is 7.11 Å². The highest BCUT2D eigenvalue weighted by Crippen LogP contribution is 2.11. The molecule has 0 heterocycles. The first-order valence-electron chi connectivity index (χ1n) is 4.84. The Morgan fingerprint density at radius 3 is 2.81 bits per heavy atom. The van der Waals surface area contributed by atoms with Crippen molar-refractivity contribution in [2.45, 2.75) is 6.04 Å². The minimum Gasteiger partial charge on any atom is -0.394 e. The van der Waals surface area contributed by atoms with Crippen molar-refractivity contribution in [2.24, 2.45) is 0 Å². The molecule has 1 unspecified atom stereocenters. The van der Waals surface area contributed by atoms with Crippen LogP contribution < -0.4 is 5.32 Å². The molecular weight excluding hydrogens is 321 g/mol. The second-order valence-corrected chi connectivity index (χ2v) is 4.45. The van der Waals surface area contributed by atoms with Gasteiger partial charge in [-0.25, -0.2) is 0 Å². The van der Waals surface area contributed by atoms with Crippen LogP contribution in [0.5, 0.6) is 0 Å². The van der Waals surface area contributed by atoms with E-state index in [9.17, 15) is 4.79 Å². The zero-order valence-corrected chi connectivity index (χ0v) is 11.1. The van der Waals surface area contributed by atoms with Crippen molar-refractivity contribution in [1.29, 1.82) is 0 Å². The molecule has 4 nitrogen and oxygen atoms in total. The molecule has 1 atom stereocenters. The minimum absolute atomic E-state index is 0.136. The smallest absolute Gasteiger partial charge is 0.252 e. The summed E-state index contributed by atoms with van der Waals surface area (Å²) in [5.74, 6) is -0.193. The van der Waals surface area contributed by atoms with Crippen molar-refractivity contribution in [3.05, 3.63) is 33.4 Å². The molecule has 88 valence electrons. The van der Waals surface area contributed by atoms with Crippen LogP contribution in [0.1, 0.15) is 10.4 Å². The van der Waals surface area contributed by atoms with Crippen LogP contribution >= 0.6 is 22.6 Å². The Kier molecular flexibility index (Phi) is 5.72. The van der Waals surface area contributed by atoms with Crippen LogP contribution in [0, 0.1) is 3.57 Å². The predicted molar refractivity (Wildman–Crippen MR) is 69.4 cm³/mol. The van der Waals surface area contributed by atoms with Gasteiger partial charge in [0.1, 0.15) is 0 Å². The van der Waals surface area contributed by atoms with Gasteiger partial charge < -0.3 is 15.2 Å². The van der Waals surface area contributed by atoms with Crippen LogP contribution in [0.3, 0.4) is 0 Å². The van der Waals surface area contributed by atoms with Gasteiger partial charge in [0.25, 0.3) is 5.91 Å². The number of hydrogen-bond acceptors (Lipinski definition) is 3. The van der Waals surface area contributed by atoms with E-state index >= 15 is 0 Å². The average Bonchev–Trinajstić information content (AvgIpc) is 2.28. The lowest BCUT2D eigenvalue weighted by Gasteiger charge is -2.15. The molecule has 0 aromatic heterocycles. The summed E-state index contributed by atoms with van der Waals surface area (Å²) in [6.45, 7) is 0.161. The molecule has 0 bridgehead atoms. The molecule has 0 fully saturated rings. The normalized spacial score (nSPS) is 12.2. The molecule has 2 N–H and O–H groups in total. The number of methoxy groups -OCH3 is 1. The third-order valence-electron chi connectivity index (χ3n) is 2.04. The molecule has 0 radical (unpaired) electrons. The summed E-state index contributed by atoms with van der Waals surface area (Å²) in [6.07, 6.45) is 0. The Bertz CT molecular complexity index is 357. The van der Waals surface area contributed by atoms with E-state index in [-0.39, 0.29) is 18.6 Å². The molecule has 16 heavy (non-hydrogen) atoms. The SMILES string of the molecule is COCC(CO)NC(=O)c1ccccc1I. The first kappa shape index (κ1) is 13.4. The number of ether oxygens (including phenoxy) is 1. The van der Waals surface area contributed by atoms with Gasteiger partial charge in [-0.1, -0.05) is 12.1 Å². The lowest BCUT2D eigenvalue weighted by Crippen LogP contribution is -2.40. The average molecular weight is 335 g/mol. The van der Waals surface area contributed by atoms with Crippen molar-refractivity contribution in [3.63, 3.8) is 0 Å². The second kappa shape index (κ2) is 6.82. The van der Waals surface area contributed by atoms with Crippen molar-refractivity contribution < 1.29 is 14.6 Å². The Hall–Kier alpha value is -0.660. The van der Waals surface area contributed by atoms with Gasteiger partial charge in [0.05, 0.1) is 24.8 Å². The third-order valence-corrected chi connectivity index (χ3v) is 2.98. The number of carbonyl (C=O) groups is 1. The molecule has 1 aromatic carbocycles. The molecule has 5 heteroatoms. The Labute approximate surface area is 108 Å². The second-order valence-electron chi connectivity index (χ2n) is 3.29. The lowest BCUT2D eigenvalue weighted by molar-refractivity contribution is 0.0839. The van der Waals surface area contributed by atoms with E-state index in [2.05, 4.69) is 27.9 Å². The molecule has 0 aliphatic heterocycles. The van der Waals surface area contributed by atoms with E-state index < -0.39 is 0 Å². The Balaban J connectivity index is 2.68. The van der Waals surface area contributed by atoms with Crippen LogP contribution in [-0.2, 0) is 4.74 Å². The number of hydrogen-bond donors (Lipinski definition) is 2. The van der Waals surface area contributed by atoms with Crippen LogP contribution in [0.2, 0.25) is 0 Å². The van der Waals surface area contributed by atoms with Gasteiger partial charge in [-0.3, -0.25) is 4.79 Å². The van der Waals surface area contributed by atoms with E-state index in [1.54, 1.807) is 12.1 Å². The van der Waals surface area contributed by atoms with Crippen molar-refractivity contribution >= 4 is 28.5 Å². The van der Waals surface area contributed by atoms with E-state index in [0.29, 0.717) is 12.2 Å². The third kappa shape index (κ3) is 3.73. The predicted octanol–water partition coefficient (Wildman–Crippen LogP) is 1.03. The van der Waals surface area contributed by atoms with Crippen molar-refractivity contribution in [1.82, 2.24) is 5.32 Å². The quantitative estimate of drug-likeness (QED) is 0.791. The first-order chi connectivity index (χ1) is 7.69. The van der Waals surface area contributed by atoms with E-state index in [1.807, 2.05) is 12.1 Å². The molecule has 0 aliphatic rings. The number of benzene rings is 1.